The number of benzene rings is 2. The molecule has 206 valence electrons. The highest BCUT2D eigenvalue weighted by atomic mass is 127. The Kier molecular flexibility index (Phi) is 10.2. The molecule has 0 spiro atoms. The van der Waals surface area contributed by atoms with E-state index in [4.69, 9.17) is 0 Å². The number of hydrogen-bond acceptors (Lipinski definition) is 5. The van der Waals surface area contributed by atoms with Crippen molar-refractivity contribution in [2.75, 3.05) is 27.2 Å². The van der Waals surface area contributed by atoms with E-state index in [1.54, 1.807) is 0 Å². The first kappa shape index (κ1) is 29.4. The zero-order valence-corrected chi connectivity index (χ0v) is 25.7. The van der Waals surface area contributed by atoms with Crippen molar-refractivity contribution in [2.45, 2.75) is 80.2 Å². The molecule has 0 unspecified atom stereocenters. The molecule has 2 N–H and O–H groups in total. The van der Waals surface area contributed by atoms with E-state index in [0.29, 0.717) is 6.54 Å². The lowest BCUT2D eigenvalue weighted by atomic mass is 9.88. The zero-order valence-electron chi connectivity index (χ0n) is 22.7. The molecule has 2 aromatic carbocycles. The number of amides is 2. The molecule has 1 saturated heterocycles. The highest BCUT2D eigenvalue weighted by Gasteiger charge is 2.59. The Morgan fingerprint density at radius 1 is 1.16 bits per heavy atom. The van der Waals surface area contributed by atoms with E-state index < -0.39 is 10.8 Å². The Balaban J connectivity index is 1.80. The molecule has 2 amide bonds. The number of rotatable bonds is 10. The first-order valence-corrected chi connectivity index (χ1v) is 15.5. The number of aliphatic hydroxyl groups is 1. The van der Waals surface area contributed by atoms with Crippen molar-refractivity contribution in [1.29, 1.82) is 0 Å². The summed E-state index contributed by atoms with van der Waals surface area (Å²) in [6, 6.07) is 13.9. The number of likely N-dealkylation sites (tertiary alicyclic amines) is 1. The number of carbonyl (C=O) groups is 2. The number of aryl methyl sites for hydroxylation is 1. The van der Waals surface area contributed by atoms with Crippen molar-refractivity contribution in [1.82, 2.24) is 15.1 Å². The van der Waals surface area contributed by atoms with Crippen molar-refractivity contribution < 1.29 is 14.7 Å². The van der Waals surface area contributed by atoms with Crippen LogP contribution in [-0.4, -0.2) is 64.7 Å². The van der Waals surface area contributed by atoms with Gasteiger partial charge in [-0.1, -0.05) is 49.1 Å². The normalized spacial score (nSPS) is 22.3. The summed E-state index contributed by atoms with van der Waals surface area (Å²) in [6.45, 7) is 3.47. The summed E-state index contributed by atoms with van der Waals surface area (Å²) < 4.78 is -0.0216. The lowest BCUT2D eigenvalue weighted by Crippen LogP contribution is -2.50. The predicted octanol–water partition coefficient (Wildman–Crippen LogP) is 5.30. The van der Waals surface area contributed by atoms with Crippen LogP contribution in [0.1, 0.15) is 67.7 Å². The zero-order chi connectivity index (χ0) is 27.3. The summed E-state index contributed by atoms with van der Waals surface area (Å²) in [5.74, 6) is -0.00693. The van der Waals surface area contributed by atoms with E-state index >= 15 is 0 Å². The highest BCUT2D eigenvalue weighted by molar-refractivity contribution is 14.1. The van der Waals surface area contributed by atoms with Gasteiger partial charge in [0.05, 0.1) is 19.1 Å². The van der Waals surface area contributed by atoms with E-state index in [2.05, 4.69) is 68.9 Å². The van der Waals surface area contributed by atoms with E-state index in [1.807, 2.05) is 32.3 Å². The Labute approximate surface area is 245 Å². The Bertz CT molecular complexity index is 1120. The minimum Gasteiger partial charge on any atom is -0.392 e. The molecule has 1 saturated carbocycles. The fourth-order valence-electron chi connectivity index (χ4n) is 5.75. The molecular weight excluding hydrogens is 609 g/mol. The van der Waals surface area contributed by atoms with Crippen molar-refractivity contribution in [3.63, 3.8) is 0 Å². The van der Waals surface area contributed by atoms with Crippen LogP contribution in [0.4, 0.5) is 0 Å². The molecule has 1 aliphatic carbocycles. The topological polar surface area (TPSA) is 72.9 Å². The van der Waals surface area contributed by atoms with Gasteiger partial charge in [0.25, 0.3) is 0 Å². The number of nitrogens with zero attached hydrogens (tertiary/aromatic N) is 2. The van der Waals surface area contributed by atoms with Gasteiger partial charge in [0, 0.05) is 21.1 Å². The summed E-state index contributed by atoms with van der Waals surface area (Å²) in [6.07, 6.45) is 6.38. The lowest BCUT2D eigenvalue weighted by molar-refractivity contribution is -0.132. The van der Waals surface area contributed by atoms with Crippen LogP contribution in [0.2, 0.25) is 0 Å². The maximum atomic E-state index is 14.3. The van der Waals surface area contributed by atoms with Crippen LogP contribution in [0.25, 0.3) is 0 Å². The summed E-state index contributed by atoms with van der Waals surface area (Å²) in [5.41, 5.74) is 2.98. The first-order chi connectivity index (χ1) is 18.2. The smallest absolute Gasteiger partial charge is 0.239 e. The number of nitrogens with one attached hydrogen (secondary N) is 1. The molecular formula is C30H40IN3O3S. The van der Waals surface area contributed by atoms with Crippen LogP contribution in [-0.2, 0) is 16.2 Å². The average Bonchev–Trinajstić information content (AvgIpc) is 3.20. The molecule has 2 aromatic rings. The monoisotopic (exact) mass is 649 g/mol. The van der Waals surface area contributed by atoms with Crippen molar-refractivity contribution in [2.24, 2.45) is 0 Å². The van der Waals surface area contributed by atoms with E-state index in [1.165, 1.54) is 18.2 Å². The summed E-state index contributed by atoms with van der Waals surface area (Å²) in [4.78, 5) is 33.4. The summed E-state index contributed by atoms with van der Waals surface area (Å²) >= 11 is 3.84. The van der Waals surface area contributed by atoms with Crippen LogP contribution in [0.5, 0.6) is 0 Å². The quantitative estimate of drug-likeness (QED) is 0.270. The molecule has 1 aliphatic heterocycles. The maximum Gasteiger partial charge on any atom is 0.239 e. The molecule has 2 aliphatic rings. The Hall–Kier alpha value is -1.62. The van der Waals surface area contributed by atoms with Crippen molar-refractivity contribution in [3.8, 4) is 0 Å². The van der Waals surface area contributed by atoms with Gasteiger partial charge in [-0.05, 0) is 98.7 Å². The molecule has 0 aromatic heterocycles. The van der Waals surface area contributed by atoms with Gasteiger partial charge < -0.3 is 20.2 Å². The third-order valence-electron chi connectivity index (χ3n) is 7.70. The Morgan fingerprint density at radius 2 is 1.87 bits per heavy atom. The number of carbonyl (C=O) groups excluding carboxylic acids is 2. The molecule has 8 heteroatoms. The van der Waals surface area contributed by atoms with Crippen molar-refractivity contribution in [3.05, 3.63) is 62.7 Å². The molecule has 4 rings (SSSR count). The van der Waals surface area contributed by atoms with Gasteiger partial charge in [-0.15, -0.1) is 11.8 Å². The SMILES string of the molecule is Cc1ccc(S[C@]2(C(=O)NCCCN(C)C)CC(=O)N(C3CCCCC3)[C@@H]2c2ccc(CO)cc2I)cc1. The molecule has 6 nitrogen and oxygen atoms in total. The van der Waals surface area contributed by atoms with Gasteiger partial charge in [-0.2, -0.15) is 0 Å². The predicted molar refractivity (Wildman–Crippen MR) is 162 cm³/mol. The van der Waals surface area contributed by atoms with Crippen LogP contribution in [0, 0.1) is 10.5 Å². The van der Waals surface area contributed by atoms with Gasteiger partial charge in [0.15, 0.2) is 0 Å². The van der Waals surface area contributed by atoms with Gasteiger partial charge in [0.2, 0.25) is 11.8 Å². The van der Waals surface area contributed by atoms with Crippen LogP contribution in [0.15, 0.2) is 47.4 Å². The van der Waals surface area contributed by atoms with E-state index in [-0.39, 0.29) is 30.9 Å². The second-order valence-corrected chi connectivity index (χ2v) is 13.5. The second-order valence-electron chi connectivity index (χ2n) is 10.9. The van der Waals surface area contributed by atoms with Crippen LogP contribution in [0.3, 0.4) is 0 Å². The maximum absolute atomic E-state index is 14.3. The minimum atomic E-state index is -0.997. The molecule has 2 fully saturated rings. The van der Waals surface area contributed by atoms with E-state index in [9.17, 15) is 14.7 Å². The molecule has 2 atom stereocenters. The number of aliphatic hydroxyl groups excluding tert-OH is 1. The first-order valence-electron chi connectivity index (χ1n) is 13.6. The van der Waals surface area contributed by atoms with E-state index in [0.717, 1.165) is 63.8 Å². The largest absolute Gasteiger partial charge is 0.392 e. The molecule has 0 bridgehead atoms. The fourth-order valence-corrected chi connectivity index (χ4v) is 8.03. The summed E-state index contributed by atoms with van der Waals surface area (Å²) in [7, 11) is 4.06. The lowest BCUT2D eigenvalue weighted by Gasteiger charge is -2.41. The third kappa shape index (κ3) is 6.57. The summed E-state index contributed by atoms with van der Waals surface area (Å²) in [5, 5.41) is 13.0. The highest BCUT2D eigenvalue weighted by Crippen LogP contribution is 2.55. The average molecular weight is 650 g/mol. The van der Waals surface area contributed by atoms with Crippen molar-refractivity contribution >= 4 is 46.2 Å². The molecule has 0 radical (unpaired) electrons. The standard InChI is InChI=1S/C30H40IN3O3S/c1-21-10-13-24(14-11-21)38-30(29(37)32-16-7-17-33(2)3)19-27(36)34(23-8-5-4-6-9-23)28(30)25-15-12-22(20-35)18-26(25)31/h10-15,18,23,28,35H,4-9,16-17,19-20H2,1-3H3,(H,32,37)/t28-,30-/m1/s1. The minimum absolute atomic E-state index is 0.0398. The van der Waals surface area contributed by atoms with Gasteiger partial charge in [-0.25, -0.2) is 0 Å². The Morgan fingerprint density at radius 3 is 2.50 bits per heavy atom. The van der Waals surface area contributed by atoms with Gasteiger partial charge in [-0.3, -0.25) is 9.59 Å². The van der Waals surface area contributed by atoms with Gasteiger partial charge >= 0.3 is 0 Å². The fraction of sp³-hybridized carbons (Fsp3) is 0.533. The number of thioether (sulfide) groups is 1. The van der Waals surface area contributed by atoms with Crippen LogP contribution >= 0.6 is 34.4 Å². The third-order valence-corrected chi connectivity index (χ3v) is 10.1. The molecule has 38 heavy (non-hydrogen) atoms. The molecule has 1 heterocycles. The number of hydrogen-bond donors (Lipinski definition) is 2. The second kappa shape index (κ2) is 13.2. The number of halogens is 1. The van der Waals surface area contributed by atoms with Gasteiger partial charge in [0.1, 0.15) is 4.75 Å². The van der Waals surface area contributed by atoms with Crippen LogP contribution < -0.4 is 5.32 Å².